The molecule has 0 saturated carbocycles. The van der Waals surface area contributed by atoms with Crippen molar-refractivity contribution in [2.24, 2.45) is 5.92 Å². The Morgan fingerprint density at radius 2 is 1.65 bits per heavy atom. The topological polar surface area (TPSA) is 64.7 Å². The second-order valence-electron chi connectivity index (χ2n) is 7.36. The molecule has 2 aliphatic rings. The molecule has 3 rings (SSSR count). The summed E-state index contributed by atoms with van der Waals surface area (Å²) in [6.07, 6.45) is 3.46. The van der Waals surface area contributed by atoms with Crippen molar-refractivity contribution in [1.29, 1.82) is 0 Å². The van der Waals surface area contributed by atoms with E-state index in [0.717, 1.165) is 43.1 Å². The molecule has 0 aliphatic carbocycles. The molecule has 2 N–H and O–H groups in total. The molecular formula is C20H30N4O2. The van der Waals surface area contributed by atoms with E-state index in [1.807, 2.05) is 41.0 Å². The molecule has 2 saturated heterocycles. The molecule has 1 aromatic carbocycles. The van der Waals surface area contributed by atoms with Crippen LogP contribution in [0.3, 0.4) is 0 Å². The number of carbonyl (C=O) groups is 2. The lowest BCUT2D eigenvalue weighted by Gasteiger charge is -2.35. The van der Waals surface area contributed by atoms with Crippen molar-refractivity contribution in [3.05, 3.63) is 35.4 Å². The first-order valence-corrected chi connectivity index (χ1v) is 9.73. The van der Waals surface area contributed by atoms with E-state index in [1.165, 1.54) is 12.8 Å². The summed E-state index contributed by atoms with van der Waals surface area (Å²) in [6.45, 7) is 7.31. The molecule has 2 fully saturated rings. The maximum atomic E-state index is 12.5. The predicted molar refractivity (Wildman–Crippen MR) is 102 cm³/mol. The lowest BCUT2D eigenvalue weighted by molar-refractivity contribution is 0.0665. The standard InChI is InChI=1S/C20H30N4O2/c1-16-2-4-18(5-3-16)19(25)23-12-14-24(15-13-23)20(26)22-11-8-17-6-9-21-10-7-17/h2-5,17,21H,6-15H2,1H3,(H,22,26). The van der Waals surface area contributed by atoms with E-state index in [0.29, 0.717) is 26.2 Å². The first kappa shape index (κ1) is 18.7. The Balaban J connectivity index is 1.39. The Hall–Kier alpha value is -2.08. The molecule has 0 unspecified atom stereocenters. The number of nitrogens with one attached hydrogen (secondary N) is 2. The Bertz CT molecular complexity index is 603. The van der Waals surface area contributed by atoms with Crippen LogP contribution in [0.15, 0.2) is 24.3 Å². The van der Waals surface area contributed by atoms with Gasteiger partial charge in [0.1, 0.15) is 0 Å². The summed E-state index contributed by atoms with van der Waals surface area (Å²) in [5.74, 6) is 0.775. The number of rotatable bonds is 4. The molecule has 0 bridgehead atoms. The van der Waals surface area contributed by atoms with E-state index in [9.17, 15) is 9.59 Å². The average Bonchev–Trinajstić information content (AvgIpc) is 2.69. The number of urea groups is 1. The molecule has 2 heterocycles. The van der Waals surface area contributed by atoms with Crippen LogP contribution >= 0.6 is 0 Å². The highest BCUT2D eigenvalue weighted by molar-refractivity contribution is 5.94. The maximum absolute atomic E-state index is 12.5. The number of nitrogens with zero attached hydrogens (tertiary/aromatic N) is 2. The van der Waals surface area contributed by atoms with Gasteiger partial charge in [0.15, 0.2) is 0 Å². The van der Waals surface area contributed by atoms with Gasteiger partial charge >= 0.3 is 6.03 Å². The van der Waals surface area contributed by atoms with Gasteiger partial charge in [-0.2, -0.15) is 0 Å². The maximum Gasteiger partial charge on any atom is 0.317 e. The summed E-state index contributed by atoms with van der Waals surface area (Å²) in [5, 5.41) is 6.41. The van der Waals surface area contributed by atoms with Crippen LogP contribution in [0, 0.1) is 12.8 Å². The number of hydrogen-bond acceptors (Lipinski definition) is 3. The number of piperazine rings is 1. The van der Waals surface area contributed by atoms with Crippen LogP contribution in [0.2, 0.25) is 0 Å². The van der Waals surface area contributed by atoms with Gasteiger partial charge in [0.2, 0.25) is 0 Å². The third kappa shape index (κ3) is 4.97. The lowest BCUT2D eigenvalue weighted by atomic mass is 9.95. The van der Waals surface area contributed by atoms with Crippen LogP contribution in [0.5, 0.6) is 0 Å². The molecule has 6 nitrogen and oxygen atoms in total. The quantitative estimate of drug-likeness (QED) is 0.863. The molecule has 26 heavy (non-hydrogen) atoms. The van der Waals surface area contributed by atoms with Gasteiger partial charge in [0.05, 0.1) is 0 Å². The van der Waals surface area contributed by atoms with Crippen molar-refractivity contribution in [3.63, 3.8) is 0 Å². The number of carbonyl (C=O) groups excluding carboxylic acids is 2. The molecule has 142 valence electrons. The SMILES string of the molecule is Cc1ccc(C(=O)N2CCN(C(=O)NCCC3CCNCC3)CC2)cc1. The summed E-state index contributed by atoms with van der Waals surface area (Å²) in [6, 6.07) is 7.66. The minimum Gasteiger partial charge on any atom is -0.338 e. The zero-order valence-electron chi connectivity index (χ0n) is 15.7. The molecule has 0 atom stereocenters. The second-order valence-corrected chi connectivity index (χ2v) is 7.36. The third-order valence-electron chi connectivity index (χ3n) is 5.44. The summed E-state index contributed by atoms with van der Waals surface area (Å²) in [5.41, 5.74) is 1.86. The first-order valence-electron chi connectivity index (χ1n) is 9.73. The van der Waals surface area contributed by atoms with Gasteiger partial charge in [0, 0.05) is 38.3 Å². The molecular weight excluding hydrogens is 328 g/mol. The smallest absolute Gasteiger partial charge is 0.317 e. The second kappa shape index (κ2) is 9.03. The van der Waals surface area contributed by atoms with Gasteiger partial charge in [-0.05, 0) is 57.3 Å². The first-order chi connectivity index (χ1) is 12.6. The lowest BCUT2D eigenvalue weighted by Crippen LogP contribution is -2.53. The molecule has 0 spiro atoms. The van der Waals surface area contributed by atoms with E-state index < -0.39 is 0 Å². The highest BCUT2D eigenvalue weighted by atomic mass is 16.2. The van der Waals surface area contributed by atoms with Gasteiger partial charge in [0.25, 0.3) is 5.91 Å². The van der Waals surface area contributed by atoms with Crippen molar-refractivity contribution < 1.29 is 9.59 Å². The Labute approximate surface area is 155 Å². The predicted octanol–water partition coefficient (Wildman–Crippen LogP) is 1.85. The van der Waals surface area contributed by atoms with Gasteiger partial charge in [-0.15, -0.1) is 0 Å². The number of benzene rings is 1. The minimum absolute atomic E-state index is 0.00127. The summed E-state index contributed by atoms with van der Waals surface area (Å²) >= 11 is 0. The van der Waals surface area contributed by atoms with Crippen molar-refractivity contribution >= 4 is 11.9 Å². The number of piperidine rings is 1. The van der Waals surface area contributed by atoms with E-state index in [4.69, 9.17) is 0 Å². The van der Waals surface area contributed by atoms with Crippen molar-refractivity contribution in [2.75, 3.05) is 45.8 Å². The summed E-state index contributed by atoms with van der Waals surface area (Å²) in [4.78, 5) is 28.5. The highest BCUT2D eigenvalue weighted by Gasteiger charge is 2.24. The van der Waals surface area contributed by atoms with Crippen LogP contribution in [-0.2, 0) is 0 Å². The van der Waals surface area contributed by atoms with E-state index in [1.54, 1.807) is 0 Å². The molecule has 3 amide bonds. The Morgan fingerprint density at radius 1 is 1.04 bits per heavy atom. The fraction of sp³-hybridized carbons (Fsp3) is 0.600. The largest absolute Gasteiger partial charge is 0.338 e. The van der Waals surface area contributed by atoms with Crippen LogP contribution in [0.4, 0.5) is 4.79 Å². The van der Waals surface area contributed by atoms with Crippen molar-refractivity contribution in [3.8, 4) is 0 Å². The highest BCUT2D eigenvalue weighted by Crippen LogP contribution is 2.15. The zero-order valence-corrected chi connectivity index (χ0v) is 15.7. The van der Waals surface area contributed by atoms with Crippen LogP contribution in [0.25, 0.3) is 0 Å². The van der Waals surface area contributed by atoms with Crippen molar-refractivity contribution in [2.45, 2.75) is 26.2 Å². The van der Waals surface area contributed by atoms with Gasteiger partial charge < -0.3 is 20.4 Å². The molecule has 2 aliphatic heterocycles. The van der Waals surface area contributed by atoms with Gasteiger partial charge in [-0.25, -0.2) is 4.79 Å². The van der Waals surface area contributed by atoms with Crippen LogP contribution < -0.4 is 10.6 Å². The molecule has 0 aromatic heterocycles. The van der Waals surface area contributed by atoms with Crippen LogP contribution in [-0.4, -0.2) is 67.6 Å². The zero-order chi connectivity index (χ0) is 18.4. The summed E-state index contributed by atoms with van der Waals surface area (Å²) < 4.78 is 0. The number of aryl methyl sites for hydroxylation is 1. The molecule has 1 aromatic rings. The minimum atomic E-state index is 0.00127. The van der Waals surface area contributed by atoms with Crippen LogP contribution in [0.1, 0.15) is 35.2 Å². The normalized spacial score (nSPS) is 18.7. The van der Waals surface area contributed by atoms with Gasteiger partial charge in [-0.1, -0.05) is 17.7 Å². The number of hydrogen-bond donors (Lipinski definition) is 2. The van der Waals surface area contributed by atoms with E-state index in [2.05, 4.69) is 10.6 Å². The van der Waals surface area contributed by atoms with E-state index in [-0.39, 0.29) is 11.9 Å². The van der Waals surface area contributed by atoms with Gasteiger partial charge in [-0.3, -0.25) is 4.79 Å². The molecule has 6 heteroatoms. The fourth-order valence-electron chi connectivity index (χ4n) is 3.66. The monoisotopic (exact) mass is 358 g/mol. The Kier molecular flexibility index (Phi) is 6.50. The van der Waals surface area contributed by atoms with E-state index >= 15 is 0 Å². The van der Waals surface area contributed by atoms with Crippen molar-refractivity contribution in [1.82, 2.24) is 20.4 Å². The average molecular weight is 358 g/mol. The Morgan fingerprint density at radius 3 is 2.31 bits per heavy atom. The molecule has 0 radical (unpaired) electrons. The third-order valence-corrected chi connectivity index (χ3v) is 5.44. The number of amides is 3. The summed E-state index contributed by atoms with van der Waals surface area (Å²) in [7, 11) is 0. The fourth-order valence-corrected chi connectivity index (χ4v) is 3.66.